The lowest BCUT2D eigenvalue weighted by Crippen LogP contribution is -1.72. The van der Waals surface area contributed by atoms with Crippen LogP contribution in [0.5, 0.6) is 0 Å². The second-order valence-electron chi connectivity index (χ2n) is 2.49. The fraction of sp³-hybridized carbons (Fsp3) is 0.0909. The second kappa shape index (κ2) is 5.19. The minimum atomic E-state index is 0. The molecule has 0 aromatic heterocycles. The van der Waals surface area contributed by atoms with Gasteiger partial charge < -0.3 is 6.15 Å². The summed E-state index contributed by atoms with van der Waals surface area (Å²) in [7, 11) is 0. The fourth-order valence-corrected chi connectivity index (χ4v) is 1.68. The Morgan fingerprint density at radius 1 is 0.846 bits per heavy atom. The maximum atomic E-state index is 2.33. The average molecular weight is 287 g/mol. The maximum absolute atomic E-state index is 2.33. The van der Waals surface area contributed by atoms with Gasteiger partial charge in [0.25, 0.3) is 0 Å². The van der Waals surface area contributed by atoms with Crippen LogP contribution in [0, 0.1) is 3.57 Å². The number of fused-ring (bicyclic) bond motifs is 1. The smallest absolute Gasteiger partial charge is 0.0136 e. The molecule has 0 amide bonds. The zero-order chi connectivity index (χ0) is 7.68. The van der Waals surface area contributed by atoms with Crippen LogP contribution in [-0.4, -0.2) is 0 Å². The lowest BCUT2D eigenvalue weighted by molar-refractivity contribution is 1.70. The number of rotatable bonds is 0. The standard InChI is InChI=1S/C10H7I.CH4.H3N/c11-10-6-5-8-3-1-2-4-9(8)7-10;;/h1-7H;1H4;1H3. The molecule has 0 aliphatic carbocycles. The van der Waals surface area contributed by atoms with Gasteiger partial charge in [0, 0.05) is 3.57 Å². The molecule has 0 bridgehead atoms. The van der Waals surface area contributed by atoms with Gasteiger partial charge in [-0.1, -0.05) is 37.8 Å². The quantitative estimate of drug-likeness (QED) is 0.722. The van der Waals surface area contributed by atoms with E-state index in [2.05, 4.69) is 65.1 Å². The van der Waals surface area contributed by atoms with Crippen molar-refractivity contribution in [1.82, 2.24) is 6.15 Å². The Morgan fingerprint density at radius 2 is 1.46 bits per heavy atom. The molecule has 0 heterocycles. The van der Waals surface area contributed by atoms with Gasteiger partial charge in [0.1, 0.15) is 0 Å². The summed E-state index contributed by atoms with van der Waals surface area (Å²) in [4.78, 5) is 0. The first kappa shape index (κ1) is 12.4. The van der Waals surface area contributed by atoms with Crippen LogP contribution >= 0.6 is 22.6 Å². The summed E-state index contributed by atoms with van der Waals surface area (Å²) in [5.41, 5.74) is 0. The van der Waals surface area contributed by atoms with E-state index < -0.39 is 0 Å². The Hall–Kier alpha value is -0.610. The van der Waals surface area contributed by atoms with E-state index in [0.717, 1.165) is 0 Å². The molecular weight excluding hydrogens is 273 g/mol. The highest BCUT2D eigenvalue weighted by Crippen LogP contribution is 2.16. The van der Waals surface area contributed by atoms with Crippen molar-refractivity contribution >= 4 is 33.4 Å². The summed E-state index contributed by atoms with van der Waals surface area (Å²) in [5.74, 6) is 0. The molecule has 0 atom stereocenters. The number of benzene rings is 2. The topological polar surface area (TPSA) is 35.0 Å². The lowest BCUT2D eigenvalue weighted by atomic mass is 10.1. The molecule has 1 nitrogen and oxygen atoms in total. The Balaban J connectivity index is 0.000000720. The molecule has 0 unspecified atom stereocenters. The summed E-state index contributed by atoms with van der Waals surface area (Å²) in [6.45, 7) is 0. The summed E-state index contributed by atoms with van der Waals surface area (Å²) in [6.07, 6.45) is 0. The van der Waals surface area contributed by atoms with Crippen molar-refractivity contribution < 1.29 is 0 Å². The van der Waals surface area contributed by atoms with Crippen LogP contribution in [0.15, 0.2) is 42.5 Å². The molecule has 0 saturated heterocycles. The first-order valence-corrected chi connectivity index (χ1v) is 4.58. The van der Waals surface area contributed by atoms with Crippen LogP contribution in [0.2, 0.25) is 0 Å². The summed E-state index contributed by atoms with van der Waals surface area (Å²) in [5, 5.41) is 2.63. The molecule has 3 N–H and O–H groups in total. The first-order valence-electron chi connectivity index (χ1n) is 3.50. The Kier molecular flexibility index (Phi) is 4.95. The van der Waals surface area contributed by atoms with E-state index in [1.54, 1.807) is 0 Å². The molecule has 0 aliphatic heterocycles. The van der Waals surface area contributed by atoms with E-state index in [0.29, 0.717) is 0 Å². The van der Waals surface area contributed by atoms with E-state index in [9.17, 15) is 0 Å². The van der Waals surface area contributed by atoms with Gasteiger partial charge >= 0.3 is 0 Å². The molecule has 2 heteroatoms. The van der Waals surface area contributed by atoms with Crippen molar-refractivity contribution in [1.29, 1.82) is 0 Å². The van der Waals surface area contributed by atoms with Crippen LogP contribution in [0.3, 0.4) is 0 Å². The SMILES string of the molecule is C.Ic1ccc2ccccc2c1.N. The van der Waals surface area contributed by atoms with E-state index in [1.807, 2.05) is 0 Å². The first-order chi connectivity index (χ1) is 5.36. The molecule has 0 aliphatic rings. The fourth-order valence-electron chi connectivity index (χ4n) is 1.16. The third-order valence-electron chi connectivity index (χ3n) is 1.71. The van der Waals surface area contributed by atoms with Crippen molar-refractivity contribution in [3.05, 3.63) is 46.0 Å². The predicted molar refractivity (Wildman–Crippen MR) is 68.4 cm³/mol. The molecule has 0 radical (unpaired) electrons. The summed E-state index contributed by atoms with van der Waals surface area (Å²) >= 11 is 2.33. The molecule has 13 heavy (non-hydrogen) atoms. The largest absolute Gasteiger partial charge is 0.344 e. The van der Waals surface area contributed by atoms with Gasteiger partial charge in [-0.05, 0) is 45.5 Å². The molecule has 70 valence electrons. The van der Waals surface area contributed by atoms with Crippen LogP contribution in [0.1, 0.15) is 7.43 Å². The van der Waals surface area contributed by atoms with Crippen LogP contribution in [-0.2, 0) is 0 Å². The monoisotopic (exact) mass is 287 g/mol. The Bertz CT molecular complexity index is 385. The van der Waals surface area contributed by atoms with Gasteiger partial charge in [0.05, 0.1) is 0 Å². The summed E-state index contributed by atoms with van der Waals surface area (Å²) < 4.78 is 1.29. The van der Waals surface area contributed by atoms with E-state index in [1.165, 1.54) is 14.3 Å². The predicted octanol–water partition coefficient (Wildman–Crippen LogP) is 4.24. The highest BCUT2D eigenvalue weighted by molar-refractivity contribution is 14.1. The average Bonchev–Trinajstić information content (AvgIpc) is 2.04. The zero-order valence-corrected chi connectivity index (χ0v) is 8.78. The lowest BCUT2D eigenvalue weighted by Gasteiger charge is -1.95. The highest BCUT2D eigenvalue weighted by atomic mass is 127. The molecule has 0 spiro atoms. The van der Waals surface area contributed by atoms with E-state index in [4.69, 9.17) is 0 Å². The van der Waals surface area contributed by atoms with Crippen LogP contribution in [0.25, 0.3) is 10.8 Å². The number of hydrogen-bond donors (Lipinski definition) is 1. The molecular formula is C11H14IN. The minimum Gasteiger partial charge on any atom is -0.344 e. The highest BCUT2D eigenvalue weighted by Gasteiger charge is 1.90. The molecule has 0 saturated carbocycles. The third kappa shape index (κ3) is 2.67. The van der Waals surface area contributed by atoms with Gasteiger partial charge in [0.15, 0.2) is 0 Å². The molecule has 2 aromatic carbocycles. The maximum Gasteiger partial charge on any atom is 0.0136 e. The molecule has 2 rings (SSSR count). The van der Waals surface area contributed by atoms with Gasteiger partial charge in [-0.3, -0.25) is 0 Å². The van der Waals surface area contributed by atoms with Crippen molar-refractivity contribution in [2.24, 2.45) is 0 Å². The van der Waals surface area contributed by atoms with Crippen molar-refractivity contribution in [2.45, 2.75) is 7.43 Å². The van der Waals surface area contributed by atoms with E-state index >= 15 is 0 Å². The van der Waals surface area contributed by atoms with Gasteiger partial charge in [-0.2, -0.15) is 0 Å². The Morgan fingerprint density at radius 3 is 2.15 bits per heavy atom. The van der Waals surface area contributed by atoms with Gasteiger partial charge in [0.2, 0.25) is 0 Å². The zero-order valence-electron chi connectivity index (χ0n) is 6.63. The van der Waals surface area contributed by atoms with Crippen molar-refractivity contribution in [2.75, 3.05) is 0 Å². The molecule has 2 aromatic rings. The number of halogens is 1. The second-order valence-corrected chi connectivity index (χ2v) is 3.74. The number of hydrogen-bond acceptors (Lipinski definition) is 1. The van der Waals surface area contributed by atoms with E-state index in [-0.39, 0.29) is 13.6 Å². The van der Waals surface area contributed by atoms with Crippen molar-refractivity contribution in [3.63, 3.8) is 0 Å². The minimum absolute atomic E-state index is 0. The molecule has 0 fully saturated rings. The third-order valence-corrected chi connectivity index (χ3v) is 2.38. The van der Waals surface area contributed by atoms with Crippen LogP contribution in [0.4, 0.5) is 0 Å². The van der Waals surface area contributed by atoms with Gasteiger partial charge in [-0.25, -0.2) is 0 Å². The Labute approximate surface area is 92.9 Å². The van der Waals surface area contributed by atoms with Crippen molar-refractivity contribution in [3.8, 4) is 0 Å². The van der Waals surface area contributed by atoms with Crippen LogP contribution < -0.4 is 6.15 Å². The normalized spacial score (nSPS) is 8.69. The summed E-state index contributed by atoms with van der Waals surface area (Å²) in [6, 6.07) is 14.9. The van der Waals surface area contributed by atoms with Gasteiger partial charge in [-0.15, -0.1) is 0 Å².